The zero-order valence-electron chi connectivity index (χ0n) is 13.9. The van der Waals surface area contributed by atoms with Gasteiger partial charge in [0.15, 0.2) is 0 Å². The molecule has 1 aromatic carbocycles. The number of aliphatic hydroxyl groups is 1. The zero-order valence-corrected chi connectivity index (χ0v) is 13.9. The lowest BCUT2D eigenvalue weighted by molar-refractivity contribution is 0.217. The van der Waals surface area contributed by atoms with Gasteiger partial charge in [-0.2, -0.15) is 0 Å². The van der Waals surface area contributed by atoms with Gasteiger partial charge in [0.05, 0.1) is 6.61 Å². The molecule has 0 saturated heterocycles. The molecule has 0 aliphatic rings. The molecule has 2 rings (SSSR count). The van der Waals surface area contributed by atoms with Crippen LogP contribution in [0.2, 0.25) is 0 Å². The van der Waals surface area contributed by atoms with Crippen LogP contribution in [-0.2, 0) is 13.0 Å². The molecule has 0 spiro atoms. The molecule has 23 heavy (non-hydrogen) atoms. The highest BCUT2D eigenvalue weighted by Crippen LogP contribution is 2.16. The van der Waals surface area contributed by atoms with Crippen molar-refractivity contribution in [2.45, 2.75) is 32.7 Å². The Bertz CT molecular complexity index is 665. The number of nitrogens with zero attached hydrogens (tertiary/aromatic N) is 2. The van der Waals surface area contributed by atoms with E-state index in [0.29, 0.717) is 12.4 Å². The van der Waals surface area contributed by atoms with Gasteiger partial charge >= 0.3 is 0 Å². The molecule has 0 aliphatic carbocycles. The fraction of sp³-hybridized carbons (Fsp3) is 0.444. The Morgan fingerprint density at radius 1 is 1.26 bits per heavy atom. The fourth-order valence-corrected chi connectivity index (χ4v) is 2.46. The van der Waals surface area contributed by atoms with Crippen molar-refractivity contribution in [2.75, 3.05) is 20.2 Å². The lowest BCUT2D eigenvalue weighted by atomic mass is 10.1. The maximum atomic E-state index is 11.8. The molecule has 0 atom stereocenters. The van der Waals surface area contributed by atoms with Gasteiger partial charge in [-0.15, -0.1) is 0 Å². The monoisotopic (exact) mass is 315 g/mol. The van der Waals surface area contributed by atoms with Crippen LogP contribution in [0.3, 0.4) is 0 Å². The summed E-state index contributed by atoms with van der Waals surface area (Å²) >= 11 is 0. The molecular weight excluding hydrogens is 290 g/mol. The maximum Gasteiger partial charge on any atom is 0.251 e. The Kier molecular flexibility index (Phi) is 6.50. The van der Waals surface area contributed by atoms with E-state index in [2.05, 4.69) is 21.8 Å². The van der Waals surface area contributed by atoms with Crippen LogP contribution < -0.4 is 5.56 Å². The Morgan fingerprint density at radius 3 is 2.65 bits per heavy atom. The van der Waals surface area contributed by atoms with E-state index >= 15 is 0 Å². The number of hydrogen-bond acceptors (Lipinski definition) is 4. The molecule has 2 aromatic rings. The largest absolute Gasteiger partial charge is 0.395 e. The first kappa shape index (κ1) is 17.4. The minimum atomic E-state index is -0.104. The average molecular weight is 315 g/mol. The zero-order chi connectivity index (χ0) is 16.7. The molecule has 0 radical (unpaired) electrons. The molecule has 0 amide bonds. The van der Waals surface area contributed by atoms with Gasteiger partial charge < -0.3 is 10.1 Å². The summed E-state index contributed by atoms with van der Waals surface area (Å²) in [5, 5.41) is 8.94. The Labute approximate surface area is 137 Å². The van der Waals surface area contributed by atoms with E-state index in [1.165, 1.54) is 0 Å². The molecule has 0 bridgehead atoms. The third-order valence-electron chi connectivity index (χ3n) is 3.74. The summed E-state index contributed by atoms with van der Waals surface area (Å²) < 4.78 is 0. The van der Waals surface area contributed by atoms with Crippen molar-refractivity contribution in [3.8, 4) is 11.4 Å². The minimum absolute atomic E-state index is 0.104. The van der Waals surface area contributed by atoms with E-state index in [0.717, 1.165) is 42.6 Å². The molecule has 0 unspecified atom stereocenters. The number of likely N-dealkylation sites (N-methyl/N-ethyl adjacent to an activating group) is 1. The second-order valence-electron chi connectivity index (χ2n) is 5.85. The van der Waals surface area contributed by atoms with Crippen molar-refractivity contribution in [1.29, 1.82) is 0 Å². The Balaban J connectivity index is 2.15. The predicted octanol–water partition coefficient (Wildman–Crippen LogP) is 2.20. The summed E-state index contributed by atoms with van der Waals surface area (Å²) in [4.78, 5) is 21.2. The molecular formula is C18H25N3O2. The van der Waals surface area contributed by atoms with Crippen LogP contribution >= 0.6 is 0 Å². The van der Waals surface area contributed by atoms with Crippen LogP contribution in [0, 0.1) is 0 Å². The van der Waals surface area contributed by atoms with E-state index in [1.54, 1.807) is 6.07 Å². The van der Waals surface area contributed by atoms with Crippen LogP contribution in [0.5, 0.6) is 0 Å². The summed E-state index contributed by atoms with van der Waals surface area (Å²) in [5.74, 6) is 0.624. The van der Waals surface area contributed by atoms with Gasteiger partial charge in [-0.1, -0.05) is 37.6 Å². The SMILES string of the molecule is CCCCc1cc(=O)[nH]c(-c2ccc(CN(C)CCO)cc2)n1. The summed E-state index contributed by atoms with van der Waals surface area (Å²) in [6, 6.07) is 9.59. The molecule has 1 aromatic heterocycles. The first-order chi connectivity index (χ1) is 11.1. The number of nitrogens with one attached hydrogen (secondary N) is 1. The van der Waals surface area contributed by atoms with Crippen molar-refractivity contribution in [3.05, 3.63) is 51.9 Å². The number of benzene rings is 1. The topological polar surface area (TPSA) is 69.2 Å². The molecule has 124 valence electrons. The van der Waals surface area contributed by atoms with Crippen molar-refractivity contribution < 1.29 is 5.11 Å². The van der Waals surface area contributed by atoms with Crippen LogP contribution in [0.4, 0.5) is 0 Å². The number of unbranched alkanes of at least 4 members (excludes halogenated alkanes) is 1. The highest BCUT2D eigenvalue weighted by atomic mass is 16.3. The molecule has 5 nitrogen and oxygen atoms in total. The van der Waals surface area contributed by atoms with Gasteiger partial charge in [-0.25, -0.2) is 4.98 Å². The van der Waals surface area contributed by atoms with Gasteiger partial charge in [0.1, 0.15) is 5.82 Å². The number of hydrogen-bond donors (Lipinski definition) is 2. The number of rotatable bonds is 8. The van der Waals surface area contributed by atoms with Crippen LogP contribution in [0.15, 0.2) is 35.1 Å². The lowest BCUT2D eigenvalue weighted by Gasteiger charge is -2.15. The van der Waals surface area contributed by atoms with E-state index in [9.17, 15) is 4.79 Å². The molecule has 0 fully saturated rings. The first-order valence-corrected chi connectivity index (χ1v) is 8.11. The Hall–Kier alpha value is -1.98. The van der Waals surface area contributed by atoms with Crippen molar-refractivity contribution in [2.24, 2.45) is 0 Å². The average Bonchev–Trinajstić information content (AvgIpc) is 2.53. The summed E-state index contributed by atoms with van der Waals surface area (Å²) in [7, 11) is 1.97. The first-order valence-electron chi connectivity index (χ1n) is 8.11. The standard InChI is InChI=1S/C18H25N3O2/c1-3-4-5-16-12-17(23)20-18(19-16)15-8-6-14(7-9-15)13-21(2)10-11-22/h6-9,12,22H,3-5,10-11,13H2,1-2H3,(H,19,20,23). The van der Waals surface area contributed by atoms with Gasteiger partial charge in [0, 0.05) is 30.4 Å². The summed E-state index contributed by atoms with van der Waals surface area (Å²) in [6.07, 6.45) is 2.95. The van der Waals surface area contributed by atoms with E-state index in [4.69, 9.17) is 5.11 Å². The van der Waals surface area contributed by atoms with Crippen LogP contribution in [0.25, 0.3) is 11.4 Å². The van der Waals surface area contributed by atoms with Gasteiger partial charge in [-0.05, 0) is 25.5 Å². The van der Waals surface area contributed by atoms with Crippen molar-refractivity contribution in [3.63, 3.8) is 0 Å². The highest BCUT2D eigenvalue weighted by Gasteiger charge is 2.05. The third-order valence-corrected chi connectivity index (χ3v) is 3.74. The number of aromatic nitrogens is 2. The van der Waals surface area contributed by atoms with Crippen LogP contribution in [0.1, 0.15) is 31.0 Å². The van der Waals surface area contributed by atoms with Crippen molar-refractivity contribution >= 4 is 0 Å². The van der Waals surface area contributed by atoms with Gasteiger partial charge in [0.2, 0.25) is 0 Å². The number of aromatic amines is 1. The van der Waals surface area contributed by atoms with Gasteiger partial charge in [0.25, 0.3) is 5.56 Å². The molecule has 5 heteroatoms. The summed E-state index contributed by atoms with van der Waals surface area (Å²) in [5.41, 5.74) is 2.81. The van der Waals surface area contributed by atoms with Crippen molar-refractivity contribution in [1.82, 2.24) is 14.9 Å². The van der Waals surface area contributed by atoms with E-state index in [1.807, 2.05) is 31.3 Å². The molecule has 0 saturated carbocycles. The summed E-state index contributed by atoms with van der Waals surface area (Å²) in [6.45, 7) is 3.71. The quantitative estimate of drug-likeness (QED) is 0.783. The molecule has 1 heterocycles. The number of aliphatic hydroxyl groups excluding tert-OH is 1. The minimum Gasteiger partial charge on any atom is -0.395 e. The van der Waals surface area contributed by atoms with Crippen LogP contribution in [-0.4, -0.2) is 40.2 Å². The Morgan fingerprint density at radius 2 is 2.00 bits per heavy atom. The third kappa shape index (κ3) is 5.30. The number of H-pyrrole nitrogens is 1. The second kappa shape index (κ2) is 8.60. The second-order valence-corrected chi connectivity index (χ2v) is 5.85. The van der Waals surface area contributed by atoms with E-state index < -0.39 is 0 Å². The van der Waals surface area contributed by atoms with E-state index in [-0.39, 0.29) is 12.2 Å². The lowest BCUT2D eigenvalue weighted by Crippen LogP contribution is -2.21. The van der Waals surface area contributed by atoms with Gasteiger partial charge in [-0.3, -0.25) is 9.69 Å². The molecule has 2 N–H and O–H groups in total. The normalized spacial score (nSPS) is 11.1. The highest BCUT2D eigenvalue weighted by molar-refractivity contribution is 5.55. The number of aryl methyl sites for hydroxylation is 1. The molecule has 0 aliphatic heterocycles. The fourth-order valence-electron chi connectivity index (χ4n) is 2.46. The smallest absolute Gasteiger partial charge is 0.251 e. The maximum absolute atomic E-state index is 11.8. The predicted molar refractivity (Wildman–Crippen MR) is 92.3 cm³/mol.